The molecule has 10 heteroatoms. The van der Waals surface area contributed by atoms with Crippen LogP contribution in [0, 0.1) is 14.1 Å². The first kappa shape index (κ1) is 16.8. The van der Waals surface area contributed by atoms with Crippen LogP contribution < -0.4 is 15.1 Å². The monoisotopic (exact) mass is 367 g/mol. The number of nitrogens with zero attached hydrogens (tertiary/aromatic N) is 4. The molecule has 2 N–H and O–H groups in total. The van der Waals surface area contributed by atoms with Gasteiger partial charge in [0.2, 0.25) is 5.13 Å². The third-order valence-corrected chi connectivity index (χ3v) is 5.41. The molecule has 0 spiro atoms. The number of nitrogens with one attached hydrogen (secondary N) is 2. The quantitative estimate of drug-likeness (QED) is 0.466. The van der Waals surface area contributed by atoms with Crippen molar-refractivity contribution in [1.29, 1.82) is 0 Å². The van der Waals surface area contributed by atoms with Crippen LogP contribution in [0.5, 0.6) is 0 Å². The fourth-order valence-corrected chi connectivity index (χ4v) is 3.70. The van der Waals surface area contributed by atoms with E-state index in [0.717, 1.165) is 47.6 Å². The average Bonchev–Trinajstić information content (AvgIpc) is 2.95. The van der Waals surface area contributed by atoms with Gasteiger partial charge < -0.3 is 15.1 Å². The lowest BCUT2D eigenvalue weighted by Gasteiger charge is -2.33. The van der Waals surface area contributed by atoms with Gasteiger partial charge in [-0.25, -0.2) is 0 Å². The molecule has 8 nitrogen and oxygen atoms in total. The summed E-state index contributed by atoms with van der Waals surface area (Å²) >= 11 is 6.82. The molecule has 1 aromatic carbocycles. The molecule has 1 aliphatic rings. The lowest BCUT2D eigenvalue weighted by Crippen LogP contribution is -3.14. The van der Waals surface area contributed by atoms with Gasteiger partial charge in [0.05, 0.1) is 31.1 Å². The van der Waals surface area contributed by atoms with E-state index in [-0.39, 0.29) is 10.6 Å². The van der Waals surface area contributed by atoms with Crippen molar-refractivity contribution in [2.75, 3.05) is 43.4 Å². The number of nitro benzene ring substituents is 1. The standard InChI is InChI=1S/C14H18N6O2S2/c1-15-13-16-19(14(23)24-13)10-17-6-8-18(9-7-17)11-2-4-12(5-3-11)20(21)22/h2-5H,6-10H2,1H3,(H,15,16)/p+1. The molecule has 1 saturated heterocycles. The lowest BCUT2D eigenvalue weighted by atomic mass is 10.2. The van der Waals surface area contributed by atoms with Gasteiger partial charge in [0.1, 0.15) is 0 Å². The number of hydrogen-bond donors (Lipinski definition) is 2. The topological polar surface area (TPSA) is 80.7 Å². The summed E-state index contributed by atoms with van der Waals surface area (Å²) in [5, 5.41) is 19.0. The van der Waals surface area contributed by atoms with Crippen LogP contribution in [-0.4, -0.2) is 47.9 Å². The third-order valence-electron chi connectivity index (χ3n) is 4.09. The summed E-state index contributed by atoms with van der Waals surface area (Å²) in [7, 11) is 1.84. The summed E-state index contributed by atoms with van der Waals surface area (Å²) in [6, 6.07) is 6.75. The summed E-state index contributed by atoms with van der Waals surface area (Å²) in [6.07, 6.45) is 0. The molecule has 0 amide bonds. The zero-order valence-corrected chi connectivity index (χ0v) is 14.9. The molecule has 3 rings (SSSR count). The van der Waals surface area contributed by atoms with Crippen molar-refractivity contribution in [1.82, 2.24) is 9.78 Å². The molecule has 2 aromatic rings. The zero-order valence-electron chi connectivity index (χ0n) is 13.3. The summed E-state index contributed by atoms with van der Waals surface area (Å²) in [4.78, 5) is 14.0. The Bertz CT molecular complexity index is 764. The highest BCUT2D eigenvalue weighted by atomic mass is 32.1. The highest BCUT2D eigenvalue weighted by Crippen LogP contribution is 2.19. The number of non-ortho nitro benzene ring substituents is 1. The Morgan fingerprint density at radius 2 is 2.04 bits per heavy atom. The van der Waals surface area contributed by atoms with Gasteiger partial charge in [-0.2, -0.15) is 4.68 Å². The second-order valence-electron chi connectivity index (χ2n) is 5.59. The van der Waals surface area contributed by atoms with E-state index < -0.39 is 0 Å². The Kier molecular flexibility index (Phi) is 5.07. The van der Waals surface area contributed by atoms with Crippen molar-refractivity contribution in [3.8, 4) is 0 Å². The van der Waals surface area contributed by atoms with E-state index in [2.05, 4.69) is 15.3 Å². The summed E-state index contributed by atoms with van der Waals surface area (Å²) in [6.45, 7) is 4.54. The van der Waals surface area contributed by atoms with Gasteiger partial charge in [-0.15, -0.1) is 5.10 Å². The number of benzene rings is 1. The molecule has 0 aliphatic carbocycles. The average molecular weight is 367 g/mol. The van der Waals surface area contributed by atoms with Crippen molar-refractivity contribution in [2.24, 2.45) is 0 Å². The number of hydrogen-bond acceptors (Lipinski definition) is 7. The maximum atomic E-state index is 10.7. The molecular weight excluding hydrogens is 348 g/mol. The third kappa shape index (κ3) is 3.71. The van der Waals surface area contributed by atoms with Crippen molar-refractivity contribution < 1.29 is 9.82 Å². The van der Waals surface area contributed by atoms with Crippen LogP contribution in [0.25, 0.3) is 0 Å². The van der Waals surface area contributed by atoms with Crippen LogP contribution in [0.15, 0.2) is 24.3 Å². The molecule has 0 unspecified atom stereocenters. The number of aromatic nitrogens is 2. The molecule has 0 radical (unpaired) electrons. The molecule has 1 aliphatic heterocycles. The Morgan fingerprint density at radius 3 is 2.58 bits per heavy atom. The van der Waals surface area contributed by atoms with E-state index in [9.17, 15) is 10.1 Å². The second-order valence-corrected chi connectivity index (χ2v) is 7.21. The molecule has 2 heterocycles. The number of rotatable bonds is 5. The SMILES string of the molecule is CNc1nn(C[NH+]2CCN(c3ccc([N+](=O)[O-])cc3)CC2)c(=S)s1. The van der Waals surface area contributed by atoms with E-state index in [1.807, 2.05) is 23.9 Å². The Hall–Kier alpha value is -2.04. The number of quaternary nitrogens is 1. The molecule has 1 aromatic heterocycles. The predicted molar refractivity (Wildman–Crippen MR) is 96.5 cm³/mol. The normalized spacial score (nSPS) is 15.5. The highest BCUT2D eigenvalue weighted by molar-refractivity contribution is 7.73. The van der Waals surface area contributed by atoms with Crippen molar-refractivity contribution >= 4 is 40.1 Å². The van der Waals surface area contributed by atoms with Gasteiger partial charge in [0.25, 0.3) is 5.69 Å². The van der Waals surface area contributed by atoms with Crippen molar-refractivity contribution in [3.63, 3.8) is 0 Å². The van der Waals surface area contributed by atoms with Gasteiger partial charge in [-0.1, -0.05) is 11.3 Å². The first-order valence-electron chi connectivity index (χ1n) is 7.65. The molecule has 0 atom stereocenters. The van der Waals surface area contributed by atoms with Gasteiger partial charge in [-0.3, -0.25) is 10.1 Å². The van der Waals surface area contributed by atoms with E-state index in [4.69, 9.17) is 12.2 Å². The van der Waals surface area contributed by atoms with Crippen molar-refractivity contribution in [2.45, 2.75) is 6.67 Å². The Morgan fingerprint density at radius 1 is 1.38 bits per heavy atom. The first-order chi connectivity index (χ1) is 11.6. The molecule has 0 saturated carbocycles. The van der Waals surface area contributed by atoms with E-state index >= 15 is 0 Å². The van der Waals surface area contributed by atoms with Crippen LogP contribution in [0.1, 0.15) is 0 Å². The van der Waals surface area contributed by atoms with Crippen LogP contribution in [0.4, 0.5) is 16.5 Å². The van der Waals surface area contributed by atoms with Gasteiger partial charge in [-0.05, 0) is 24.4 Å². The van der Waals surface area contributed by atoms with E-state index in [0.29, 0.717) is 0 Å². The minimum Gasteiger partial charge on any atom is -0.363 e. The van der Waals surface area contributed by atoms with Gasteiger partial charge >= 0.3 is 0 Å². The molecule has 128 valence electrons. The maximum Gasteiger partial charge on any atom is 0.269 e. The number of nitro groups is 1. The highest BCUT2D eigenvalue weighted by Gasteiger charge is 2.21. The Balaban J connectivity index is 1.58. The molecule has 0 bridgehead atoms. The summed E-state index contributed by atoms with van der Waals surface area (Å²) < 4.78 is 2.66. The molecular formula is C14H19N6O2S2+. The van der Waals surface area contributed by atoms with E-state index in [1.165, 1.54) is 16.2 Å². The minimum atomic E-state index is -0.372. The van der Waals surface area contributed by atoms with Crippen LogP contribution in [0.2, 0.25) is 0 Å². The molecule has 1 fully saturated rings. The lowest BCUT2D eigenvalue weighted by molar-refractivity contribution is -0.924. The van der Waals surface area contributed by atoms with E-state index in [1.54, 1.807) is 12.1 Å². The zero-order chi connectivity index (χ0) is 17.1. The van der Waals surface area contributed by atoms with Crippen LogP contribution >= 0.6 is 23.6 Å². The summed E-state index contributed by atoms with van der Waals surface area (Å²) in [5.41, 5.74) is 1.16. The second kappa shape index (κ2) is 7.24. The Labute approximate surface area is 148 Å². The van der Waals surface area contributed by atoms with Crippen molar-refractivity contribution in [3.05, 3.63) is 38.3 Å². The van der Waals surface area contributed by atoms with Crippen LogP contribution in [0.3, 0.4) is 0 Å². The summed E-state index contributed by atoms with van der Waals surface area (Å²) in [5.74, 6) is 0. The number of anilines is 2. The largest absolute Gasteiger partial charge is 0.363 e. The smallest absolute Gasteiger partial charge is 0.269 e. The first-order valence-corrected chi connectivity index (χ1v) is 8.88. The van der Waals surface area contributed by atoms with Gasteiger partial charge in [0.15, 0.2) is 10.6 Å². The fraction of sp³-hybridized carbons (Fsp3) is 0.429. The predicted octanol–water partition coefficient (Wildman–Crippen LogP) is 0.987. The minimum absolute atomic E-state index is 0.126. The fourth-order valence-electron chi connectivity index (χ4n) is 2.74. The number of piperazine rings is 1. The molecule has 24 heavy (non-hydrogen) atoms. The van der Waals surface area contributed by atoms with Crippen LogP contribution in [-0.2, 0) is 6.67 Å². The maximum absolute atomic E-state index is 10.7. The van der Waals surface area contributed by atoms with Gasteiger partial charge in [0, 0.05) is 24.9 Å².